The van der Waals surface area contributed by atoms with E-state index in [1.807, 2.05) is 51.1 Å². The highest BCUT2D eigenvalue weighted by molar-refractivity contribution is 6.06. The van der Waals surface area contributed by atoms with E-state index >= 15 is 0 Å². The van der Waals surface area contributed by atoms with Crippen molar-refractivity contribution < 1.29 is 9.53 Å². The number of rotatable bonds is 5. The lowest BCUT2D eigenvalue weighted by atomic mass is 10.1. The Hall–Kier alpha value is -2.55. The quantitative estimate of drug-likeness (QED) is 0.824. The molecule has 114 valence electrons. The van der Waals surface area contributed by atoms with Crippen molar-refractivity contribution in [3.05, 3.63) is 71.3 Å². The molecule has 0 saturated heterocycles. The molecule has 0 spiro atoms. The van der Waals surface area contributed by atoms with Gasteiger partial charge in [0.15, 0.2) is 0 Å². The third kappa shape index (κ3) is 3.98. The van der Waals surface area contributed by atoms with Crippen molar-refractivity contribution in [3.8, 4) is 5.75 Å². The molecule has 3 nitrogen and oxygen atoms in total. The van der Waals surface area contributed by atoms with Crippen LogP contribution in [-0.4, -0.2) is 12.5 Å². The minimum absolute atomic E-state index is 0.175. The number of para-hydroxylation sites is 1. The summed E-state index contributed by atoms with van der Waals surface area (Å²) in [7, 11) is 0. The van der Waals surface area contributed by atoms with Crippen LogP contribution in [0, 0.1) is 13.8 Å². The van der Waals surface area contributed by atoms with Crippen molar-refractivity contribution in [1.29, 1.82) is 0 Å². The van der Waals surface area contributed by atoms with E-state index in [2.05, 4.69) is 11.9 Å². The molecule has 2 rings (SSSR count). The molecular weight excluding hydrogens is 274 g/mol. The second kappa shape index (κ2) is 6.94. The van der Waals surface area contributed by atoms with E-state index in [-0.39, 0.29) is 5.91 Å². The van der Waals surface area contributed by atoms with Gasteiger partial charge in [-0.25, -0.2) is 0 Å². The topological polar surface area (TPSA) is 38.3 Å². The Kier molecular flexibility index (Phi) is 4.99. The van der Waals surface area contributed by atoms with E-state index in [1.54, 1.807) is 12.1 Å². The van der Waals surface area contributed by atoms with Crippen molar-refractivity contribution in [1.82, 2.24) is 0 Å². The maximum absolute atomic E-state index is 12.5. The molecule has 1 amide bonds. The summed E-state index contributed by atoms with van der Waals surface area (Å²) in [5.74, 6) is 0.388. The molecule has 0 radical (unpaired) electrons. The fraction of sp³-hybridized carbons (Fsp3) is 0.211. The summed E-state index contributed by atoms with van der Waals surface area (Å²) in [6.45, 7) is 10.1. The van der Waals surface area contributed by atoms with Crippen LogP contribution < -0.4 is 10.1 Å². The maximum atomic E-state index is 12.5. The average Bonchev–Trinajstić information content (AvgIpc) is 2.49. The normalized spacial score (nSPS) is 10.1. The summed E-state index contributed by atoms with van der Waals surface area (Å²) in [6.07, 6.45) is 0. The minimum Gasteiger partial charge on any atom is -0.488 e. The van der Waals surface area contributed by atoms with Gasteiger partial charge in [-0.2, -0.15) is 0 Å². The average molecular weight is 295 g/mol. The number of amides is 1. The third-order valence-electron chi connectivity index (χ3n) is 3.25. The summed E-state index contributed by atoms with van der Waals surface area (Å²) in [4.78, 5) is 12.5. The number of benzene rings is 2. The molecule has 0 heterocycles. The molecule has 0 unspecified atom stereocenters. The molecule has 0 saturated carbocycles. The molecule has 0 atom stereocenters. The number of anilines is 1. The molecule has 0 aliphatic rings. The Bertz CT molecular complexity index is 704. The SMILES string of the molecule is C=C(C)COc1ccccc1C(=O)Nc1cc(C)ccc1C. The molecule has 3 heteroatoms. The van der Waals surface area contributed by atoms with Gasteiger partial charge in [0.1, 0.15) is 12.4 Å². The first kappa shape index (κ1) is 15.8. The van der Waals surface area contributed by atoms with E-state index in [1.165, 1.54) is 0 Å². The molecule has 2 aromatic rings. The summed E-state index contributed by atoms with van der Waals surface area (Å²) in [6, 6.07) is 13.2. The van der Waals surface area contributed by atoms with Crippen LogP contribution in [0.2, 0.25) is 0 Å². The number of hydrogen-bond acceptors (Lipinski definition) is 2. The van der Waals surface area contributed by atoms with E-state index < -0.39 is 0 Å². The van der Waals surface area contributed by atoms with Gasteiger partial charge < -0.3 is 10.1 Å². The molecule has 0 aliphatic carbocycles. The van der Waals surface area contributed by atoms with Crippen molar-refractivity contribution in [2.45, 2.75) is 20.8 Å². The first-order chi connectivity index (χ1) is 10.5. The van der Waals surface area contributed by atoms with Gasteiger partial charge in [0.25, 0.3) is 5.91 Å². The van der Waals surface area contributed by atoms with E-state index in [4.69, 9.17) is 4.74 Å². The summed E-state index contributed by atoms with van der Waals surface area (Å²) >= 11 is 0. The largest absolute Gasteiger partial charge is 0.488 e. The number of hydrogen-bond donors (Lipinski definition) is 1. The van der Waals surface area contributed by atoms with Crippen molar-refractivity contribution >= 4 is 11.6 Å². The number of nitrogens with one attached hydrogen (secondary N) is 1. The Balaban J connectivity index is 2.22. The number of carbonyl (C=O) groups is 1. The summed E-state index contributed by atoms with van der Waals surface area (Å²) in [5, 5.41) is 2.95. The van der Waals surface area contributed by atoms with Crippen molar-refractivity contribution in [3.63, 3.8) is 0 Å². The van der Waals surface area contributed by atoms with Crippen molar-refractivity contribution in [2.75, 3.05) is 11.9 Å². The summed E-state index contributed by atoms with van der Waals surface area (Å²) in [5.41, 5.74) is 4.38. The lowest BCUT2D eigenvalue weighted by molar-refractivity contribution is 0.102. The lowest BCUT2D eigenvalue weighted by Crippen LogP contribution is -2.15. The van der Waals surface area contributed by atoms with Gasteiger partial charge in [-0.1, -0.05) is 30.8 Å². The highest BCUT2D eigenvalue weighted by atomic mass is 16.5. The first-order valence-corrected chi connectivity index (χ1v) is 7.22. The van der Waals surface area contributed by atoms with E-state index in [9.17, 15) is 4.79 Å². The van der Waals surface area contributed by atoms with Crippen molar-refractivity contribution in [2.24, 2.45) is 0 Å². The monoisotopic (exact) mass is 295 g/mol. The molecular formula is C19H21NO2. The molecule has 0 aromatic heterocycles. The summed E-state index contributed by atoms with van der Waals surface area (Å²) < 4.78 is 5.65. The molecule has 2 aromatic carbocycles. The molecule has 0 aliphatic heterocycles. The zero-order valence-corrected chi connectivity index (χ0v) is 13.3. The fourth-order valence-electron chi connectivity index (χ4n) is 2.04. The number of carbonyl (C=O) groups excluding carboxylic acids is 1. The van der Waals surface area contributed by atoms with Gasteiger partial charge in [-0.05, 0) is 55.7 Å². The Labute approximate surface area is 131 Å². The second-order valence-corrected chi connectivity index (χ2v) is 5.51. The predicted octanol–water partition coefficient (Wildman–Crippen LogP) is 4.51. The predicted molar refractivity (Wildman–Crippen MR) is 90.6 cm³/mol. The van der Waals surface area contributed by atoms with Gasteiger partial charge in [-0.3, -0.25) is 4.79 Å². The number of aryl methyl sites for hydroxylation is 2. The van der Waals surface area contributed by atoms with Crippen LogP contribution in [0.3, 0.4) is 0 Å². The lowest BCUT2D eigenvalue weighted by Gasteiger charge is -2.13. The van der Waals surface area contributed by atoms with Crippen LogP contribution in [-0.2, 0) is 0 Å². The van der Waals surface area contributed by atoms with E-state index in [0.717, 1.165) is 22.4 Å². The van der Waals surface area contributed by atoms with Crippen LogP contribution in [0.15, 0.2) is 54.6 Å². The van der Waals surface area contributed by atoms with E-state index in [0.29, 0.717) is 17.9 Å². The first-order valence-electron chi connectivity index (χ1n) is 7.22. The van der Waals surface area contributed by atoms with Crippen LogP contribution in [0.4, 0.5) is 5.69 Å². The minimum atomic E-state index is -0.175. The maximum Gasteiger partial charge on any atom is 0.259 e. The second-order valence-electron chi connectivity index (χ2n) is 5.51. The van der Waals surface area contributed by atoms with Gasteiger partial charge >= 0.3 is 0 Å². The Morgan fingerprint density at radius 2 is 1.91 bits per heavy atom. The zero-order valence-electron chi connectivity index (χ0n) is 13.3. The van der Waals surface area contributed by atoms with Crippen LogP contribution >= 0.6 is 0 Å². The van der Waals surface area contributed by atoms with Gasteiger partial charge in [-0.15, -0.1) is 0 Å². The highest BCUT2D eigenvalue weighted by Crippen LogP contribution is 2.22. The highest BCUT2D eigenvalue weighted by Gasteiger charge is 2.13. The number of ether oxygens (including phenoxy) is 1. The van der Waals surface area contributed by atoms with Gasteiger partial charge in [0.05, 0.1) is 5.56 Å². The third-order valence-corrected chi connectivity index (χ3v) is 3.25. The molecule has 22 heavy (non-hydrogen) atoms. The van der Waals surface area contributed by atoms with Gasteiger partial charge in [0, 0.05) is 5.69 Å². The molecule has 1 N–H and O–H groups in total. The smallest absolute Gasteiger partial charge is 0.259 e. The van der Waals surface area contributed by atoms with Crippen LogP contribution in [0.1, 0.15) is 28.4 Å². The molecule has 0 bridgehead atoms. The fourth-order valence-corrected chi connectivity index (χ4v) is 2.04. The zero-order chi connectivity index (χ0) is 16.1. The Morgan fingerprint density at radius 3 is 2.64 bits per heavy atom. The molecule has 0 fully saturated rings. The standard InChI is InChI=1S/C19H21NO2/c1-13(2)12-22-18-8-6-5-7-16(18)19(21)20-17-11-14(3)9-10-15(17)4/h5-11H,1,12H2,2-4H3,(H,20,21). The van der Waals surface area contributed by atoms with Crippen LogP contribution in [0.25, 0.3) is 0 Å². The Morgan fingerprint density at radius 1 is 1.18 bits per heavy atom. The van der Waals surface area contributed by atoms with Gasteiger partial charge in [0.2, 0.25) is 0 Å². The van der Waals surface area contributed by atoms with Crippen LogP contribution in [0.5, 0.6) is 5.75 Å².